The molecule has 1 aliphatic rings. The van der Waals surface area contributed by atoms with Crippen molar-refractivity contribution in [2.24, 2.45) is 17.6 Å². The van der Waals surface area contributed by atoms with Crippen LogP contribution in [0.2, 0.25) is 0 Å². The zero-order chi connectivity index (χ0) is 13.7. The summed E-state index contributed by atoms with van der Waals surface area (Å²) in [5.41, 5.74) is 5.77. The average molecular weight is 255 g/mol. The van der Waals surface area contributed by atoms with Gasteiger partial charge in [-0.25, -0.2) is 0 Å². The normalized spacial score (nSPS) is 21.1. The number of hydrogen-bond acceptors (Lipinski definition) is 3. The molecule has 4 heteroatoms. The lowest BCUT2D eigenvalue weighted by atomic mass is 9.96. The van der Waals surface area contributed by atoms with Gasteiger partial charge in [0.1, 0.15) is 0 Å². The van der Waals surface area contributed by atoms with E-state index in [4.69, 9.17) is 5.73 Å². The second-order valence-corrected chi connectivity index (χ2v) is 5.69. The van der Waals surface area contributed by atoms with Gasteiger partial charge in [-0.2, -0.15) is 0 Å². The summed E-state index contributed by atoms with van der Waals surface area (Å²) in [5.74, 6) is 0.862. The minimum atomic E-state index is 0.132. The van der Waals surface area contributed by atoms with E-state index in [9.17, 15) is 4.79 Å². The zero-order valence-electron chi connectivity index (χ0n) is 12.4. The summed E-state index contributed by atoms with van der Waals surface area (Å²) in [6.07, 6.45) is 1.09. The largest absolute Gasteiger partial charge is 0.340 e. The first-order valence-corrected chi connectivity index (χ1v) is 7.24. The molecule has 0 spiro atoms. The second-order valence-electron chi connectivity index (χ2n) is 5.69. The molecule has 0 aromatic heterocycles. The van der Waals surface area contributed by atoms with E-state index in [1.807, 2.05) is 11.8 Å². The monoisotopic (exact) mass is 255 g/mol. The molecule has 0 saturated carbocycles. The number of rotatable bonds is 5. The number of carbonyl (C=O) groups excluding carboxylic acids is 1. The van der Waals surface area contributed by atoms with E-state index in [2.05, 4.69) is 25.7 Å². The van der Waals surface area contributed by atoms with Crippen molar-refractivity contribution in [3.05, 3.63) is 0 Å². The van der Waals surface area contributed by atoms with Crippen molar-refractivity contribution in [3.63, 3.8) is 0 Å². The lowest BCUT2D eigenvalue weighted by molar-refractivity contribution is -0.138. The Hall–Kier alpha value is -0.610. The highest BCUT2D eigenvalue weighted by atomic mass is 16.2. The zero-order valence-corrected chi connectivity index (χ0v) is 12.4. The molecular weight excluding hydrogens is 226 g/mol. The topological polar surface area (TPSA) is 49.6 Å². The Balaban J connectivity index is 2.46. The lowest BCUT2D eigenvalue weighted by Gasteiger charge is -2.39. The molecule has 0 aromatic rings. The maximum absolute atomic E-state index is 12.2. The lowest BCUT2D eigenvalue weighted by Crippen LogP contribution is -2.54. The number of nitrogens with zero attached hydrogens (tertiary/aromatic N) is 2. The van der Waals surface area contributed by atoms with Crippen molar-refractivity contribution in [1.29, 1.82) is 0 Å². The number of nitrogens with two attached hydrogens (primary N) is 1. The summed E-state index contributed by atoms with van der Waals surface area (Å²) in [6, 6.07) is 0.477. The summed E-state index contributed by atoms with van der Waals surface area (Å²) in [6.45, 7) is 12.8. The highest BCUT2D eigenvalue weighted by molar-refractivity contribution is 5.78. The van der Waals surface area contributed by atoms with Crippen LogP contribution in [0.4, 0.5) is 0 Å². The van der Waals surface area contributed by atoms with Crippen molar-refractivity contribution >= 4 is 5.91 Å². The Morgan fingerprint density at radius 1 is 1.17 bits per heavy atom. The first kappa shape index (κ1) is 15.4. The van der Waals surface area contributed by atoms with Crippen molar-refractivity contribution in [3.8, 4) is 0 Å². The Kier molecular flexibility index (Phi) is 6.09. The van der Waals surface area contributed by atoms with Gasteiger partial charge in [0.25, 0.3) is 0 Å². The third kappa shape index (κ3) is 3.69. The molecule has 1 fully saturated rings. The molecule has 0 radical (unpaired) electrons. The van der Waals surface area contributed by atoms with Crippen LogP contribution in [0.5, 0.6) is 0 Å². The van der Waals surface area contributed by atoms with E-state index in [1.54, 1.807) is 0 Å². The van der Waals surface area contributed by atoms with Crippen LogP contribution in [0.1, 0.15) is 34.1 Å². The van der Waals surface area contributed by atoms with E-state index in [1.165, 1.54) is 0 Å². The van der Waals surface area contributed by atoms with Gasteiger partial charge in [0.2, 0.25) is 5.91 Å². The molecule has 2 unspecified atom stereocenters. The maximum atomic E-state index is 12.2. The minimum absolute atomic E-state index is 0.132. The number of amides is 1. The minimum Gasteiger partial charge on any atom is -0.340 e. The van der Waals surface area contributed by atoms with Crippen LogP contribution in [-0.2, 0) is 4.79 Å². The van der Waals surface area contributed by atoms with Crippen LogP contribution >= 0.6 is 0 Å². The molecule has 1 aliphatic heterocycles. The molecule has 1 saturated heterocycles. The number of hydrogen-bond donors (Lipinski definition) is 1. The van der Waals surface area contributed by atoms with Crippen LogP contribution in [0.15, 0.2) is 0 Å². The SMILES string of the molecule is CCC(CN)N1CCN(C(=O)C(C)C(C)C)CC1. The number of piperazine rings is 1. The molecule has 106 valence electrons. The van der Waals surface area contributed by atoms with Crippen LogP contribution in [0.3, 0.4) is 0 Å². The number of carbonyl (C=O) groups is 1. The molecular formula is C14H29N3O. The van der Waals surface area contributed by atoms with Crippen LogP contribution < -0.4 is 5.73 Å². The fraction of sp³-hybridized carbons (Fsp3) is 0.929. The van der Waals surface area contributed by atoms with Gasteiger partial charge in [-0.3, -0.25) is 9.69 Å². The molecule has 0 bridgehead atoms. The summed E-state index contributed by atoms with van der Waals surface area (Å²) in [4.78, 5) is 16.7. The summed E-state index contributed by atoms with van der Waals surface area (Å²) < 4.78 is 0. The molecule has 1 amide bonds. The fourth-order valence-corrected chi connectivity index (χ4v) is 2.45. The molecule has 0 aliphatic carbocycles. The van der Waals surface area contributed by atoms with Crippen molar-refractivity contribution in [1.82, 2.24) is 9.80 Å². The Labute approximate surface area is 111 Å². The predicted octanol–water partition coefficient (Wildman–Crippen LogP) is 1.16. The van der Waals surface area contributed by atoms with Crippen LogP contribution in [0.25, 0.3) is 0 Å². The Bertz CT molecular complexity index is 256. The summed E-state index contributed by atoms with van der Waals surface area (Å²) >= 11 is 0. The predicted molar refractivity (Wildman–Crippen MR) is 75.3 cm³/mol. The highest BCUT2D eigenvalue weighted by Gasteiger charge is 2.28. The third-order valence-electron chi connectivity index (χ3n) is 4.28. The molecule has 2 atom stereocenters. The van der Waals surface area contributed by atoms with Crippen LogP contribution in [-0.4, -0.2) is 54.5 Å². The summed E-state index contributed by atoms with van der Waals surface area (Å²) in [7, 11) is 0. The van der Waals surface area contributed by atoms with Gasteiger partial charge in [0, 0.05) is 44.7 Å². The maximum Gasteiger partial charge on any atom is 0.225 e. The van der Waals surface area contributed by atoms with Crippen molar-refractivity contribution in [2.75, 3.05) is 32.7 Å². The third-order valence-corrected chi connectivity index (χ3v) is 4.28. The van der Waals surface area contributed by atoms with Gasteiger partial charge in [0.05, 0.1) is 0 Å². The second kappa shape index (κ2) is 7.10. The Morgan fingerprint density at radius 3 is 2.11 bits per heavy atom. The average Bonchev–Trinajstić information content (AvgIpc) is 2.39. The van der Waals surface area contributed by atoms with Crippen LogP contribution in [0, 0.1) is 11.8 Å². The first-order chi connectivity index (χ1) is 8.51. The van der Waals surface area contributed by atoms with E-state index in [0.717, 1.165) is 32.6 Å². The molecule has 4 nitrogen and oxygen atoms in total. The molecule has 2 N–H and O–H groups in total. The first-order valence-electron chi connectivity index (χ1n) is 7.24. The quantitative estimate of drug-likeness (QED) is 0.802. The Morgan fingerprint density at radius 2 is 1.72 bits per heavy atom. The highest BCUT2D eigenvalue weighted by Crippen LogP contribution is 2.16. The van der Waals surface area contributed by atoms with Gasteiger partial charge < -0.3 is 10.6 Å². The smallest absolute Gasteiger partial charge is 0.225 e. The van der Waals surface area contributed by atoms with E-state index in [0.29, 0.717) is 24.4 Å². The van der Waals surface area contributed by atoms with E-state index in [-0.39, 0.29) is 5.92 Å². The molecule has 0 aromatic carbocycles. The molecule has 1 rings (SSSR count). The van der Waals surface area contributed by atoms with Gasteiger partial charge in [-0.1, -0.05) is 27.7 Å². The van der Waals surface area contributed by atoms with E-state index >= 15 is 0 Å². The molecule has 1 heterocycles. The standard InChI is InChI=1S/C14H29N3O/c1-5-13(10-15)16-6-8-17(9-7-16)14(18)12(4)11(2)3/h11-13H,5-10,15H2,1-4H3. The van der Waals surface area contributed by atoms with Gasteiger partial charge in [-0.05, 0) is 12.3 Å². The van der Waals surface area contributed by atoms with Gasteiger partial charge >= 0.3 is 0 Å². The fourth-order valence-electron chi connectivity index (χ4n) is 2.45. The van der Waals surface area contributed by atoms with Gasteiger partial charge in [-0.15, -0.1) is 0 Å². The van der Waals surface area contributed by atoms with Gasteiger partial charge in [0.15, 0.2) is 0 Å². The van der Waals surface area contributed by atoms with E-state index < -0.39 is 0 Å². The molecule has 18 heavy (non-hydrogen) atoms. The van der Waals surface area contributed by atoms with Crippen molar-refractivity contribution < 1.29 is 4.79 Å². The van der Waals surface area contributed by atoms with Crippen molar-refractivity contribution in [2.45, 2.75) is 40.2 Å². The summed E-state index contributed by atoms with van der Waals surface area (Å²) in [5, 5.41) is 0.